The van der Waals surface area contributed by atoms with Crippen LogP contribution in [0.5, 0.6) is 0 Å². The van der Waals surface area contributed by atoms with Crippen LogP contribution in [0, 0.1) is 0 Å². The van der Waals surface area contributed by atoms with E-state index in [2.05, 4.69) is 15.0 Å². The van der Waals surface area contributed by atoms with E-state index in [1.807, 2.05) is 91.0 Å². The summed E-state index contributed by atoms with van der Waals surface area (Å²) in [6.45, 7) is 1.90. The van der Waals surface area contributed by atoms with Gasteiger partial charge in [-0.15, -0.1) is 0 Å². The van der Waals surface area contributed by atoms with Gasteiger partial charge in [0.1, 0.15) is 18.8 Å². The van der Waals surface area contributed by atoms with Crippen molar-refractivity contribution < 1.29 is 36.9 Å². The molecule has 0 bridgehead atoms. The van der Waals surface area contributed by atoms with Crippen LogP contribution in [0.2, 0.25) is 0 Å². The number of aliphatic imine (C=N–C) groups is 1. The van der Waals surface area contributed by atoms with Crippen LogP contribution in [0.4, 0.5) is 23.7 Å². The Balaban J connectivity index is 1.48. The van der Waals surface area contributed by atoms with E-state index in [-0.39, 0.29) is 31.9 Å². The molecule has 1 aliphatic heterocycles. The lowest BCUT2D eigenvalue weighted by atomic mass is 9.95. The molecule has 1 amide bonds. The normalized spacial score (nSPS) is 19.9. The van der Waals surface area contributed by atoms with Gasteiger partial charge in [-0.3, -0.25) is 4.90 Å². The summed E-state index contributed by atoms with van der Waals surface area (Å²) in [4.78, 5) is 21.8. The first-order chi connectivity index (χ1) is 24.2. The second-order valence-corrected chi connectivity index (χ2v) is 11.6. The summed E-state index contributed by atoms with van der Waals surface area (Å²) in [6.07, 6.45) is -9.40. The van der Waals surface area contributed by atoms with Crippen LogP contribution < -0.4 is 0 Å². The molecule has 260 valence electrons. The topological polar surface area (TPSA) is 118 Å². The maximum Gasteiger partial charge on any atom is 0.468 e. The van der Waals surface area contributed by atoms with E-state index >= 15 is 0 Å². The Labute approximate surface area is 287 Å². The molecule has 0 radical (unpaired) electrons. The van der Waals surface area contributed by atoms with Crippen LogP contribution in [0.3, 0.4) is 0 Å². The van der Waals surface area contributed by atoms with Gasteiger partial charge in [0.05, 0.1) is 24.4 Å². The zero-order chi connectivity index (χ0) is 35.3. The Kier molecular flexibility index (Phi) is 12.5. The van der Waals surface area contributed by atoms with Crippen LogP contribution in [0.25, 0.3) is 10.4 Å². The van der Waals surface area contributed by atoms with E-state index < -0.39 is 48.7 Å². The summed E-state index contributed by atoms with van der Waals surface area (Å²) in [5.74, 6) is -1.58. The third kappa shape index (κ3) is 10.1. The van der Waals surface area contributed by atoms with E-state index in [0.29, 0.717) is 0 Å². The van der Waals surface area contributed by atoms with Crippen LogP contribution in [-0.2, 0) is 38.7 Å². The molecule has 0 N–H and O–H groups in total. The fourth-order valence-electron chi connectivity index (χ4n) is 5.48. The molecule has 1 heterocycles. The highest BCUT2D eigenvalue weighted by molar-refractivity contribution is 5.84. The number of halogens is 3. The number of ether oxygens (including phenoxy) is 4. The van der Waals surface area contributed by atoms with E-state index in [4.69, 9.17) is 18.9 Å². The zero-order valence-corrected chi connectivity index (χ0v) is 27.2. The van der Waals surface area contributed by atoms with E-state index in [1.54, 1.807) is 13.0 Å². The molecule has 4 aromatic rings. The van der Waals surface area contributed by atoms with Crippen LogP contribution in [0.15, 0.2) is 131 Å². The monoisotopic (exact) mass is 687 g/mol. The zero-order valence-electron chi connectivity index (χ0n) is 27.2. The molecule has 4 aromatic carbocycles. The SMILES string of the molecule is C[C@H]([C@H]1OC(OC(=Nc2ccccc2)C(F)(F)F)[C@H](N=[N+]=[N-])C[C@@H]1OCc1ccccc1)N(Cc1ccccc1)C(=O)OCc1ccccc1. The van der Waals surface area contributed by atoms with Crippen molar-refractivity contribution >= 4 is 17.7 Å². The lowest BCUT2D eigenvalue weighted by Gasteiger charge is -2.44. The number of alkyl halides is 3. The van der Waals surface area contributed by atoms with Crippen LogP contribution in [0.1, 0.15) is 30.0 Å². The minimum absolute atomic E-state index is 0.000144. The number of rotatable bonds is 12. The molecule has 10 nitrogen and oxygen atoms in total. The Hall–Kier alpha value is -5.36. The Bertz CT molecular complexity index is 1730. The highest BCUT2D eigenvalue weighted by atomic mass is 19.4. The molecule has 13 heteroatoms. The van der Waals surface area contributed by atoms with Gasteiger partial charge in [-0.2, -0.15) is 13.2 Å². The summed E-state index contributed by atoms with van der Waals surface area (Å²) < 4.78 is 66.7. The van der Waals surface area contributed by atoms with Crippen molar-refractivity contribution in [3.8, 4) is 0 Å². The third-order valence-corrected chi connectivity index (χ3v) is 8.01. The molecule has 1 unspecified atom stereocenters. The van der Waals surface area contributed by atoms with Gasteiger partial charge in [-0.1, -0.05) is 114 Å². The number of hydrogen-bond donors (Lipinski definition) is 0. The maximum absolute atomic E-state index is 14.3. The number of amides is 1. The van der Waals surface area contributed by atoms with Gasteiger partial charge < -0.3 is 18.9 Å². The van der Waals surface area contributed by atoms with Crippen LogP contribution in [-0.4, -0.2) is 53.6 Å². The fraction of sp³-hybridized carbons (Fsp3) is 0.297. The van der Waals surface area contributed by atoms with Crippen molar-refractivity contribution in [2.45, 2.75) is 69.9 Å². The smallest absolute Gasteiger partial charge is 0.445 e. The second kappa shape index (κ2) is 17.3. The minimum atomic E-state index is -5.01. The Morgan fingerprint density at radius 1 is 0.880 bits per heavy atom. The predicted octanol–water partition coefficient (Wildman–Crippen LogP) is 8.90. The van der Waals surface area contributed by atoms with Crippen molar-refractivity contribution in [3.63, 3.8) is 0 Å². The van der Waals surface area contributed by atoms with Crippen LogP contribution >= 0.6 is 0 Å². The number of carbonyl (C=O) groups is 1. The van der Waals surface area contributed by atoms with Gasteiger partial charge in [0.25, 0.3) is 5.90 Å². The van der Waals surface area contributed by atoms with Crippen molar-refractivity contribution in [2.24, 2.45) is 10.1 Å². The third-order valence-electron chi connectivity index (χ3n) is 8.01. The Morgan fingerprint density at radius 3 is 1.98 bits per heavy atom. The summed E-state index contributed by atoms with van der Waals surface area (Å²) >= 11 is 0. The Morgan fingerprint density at radius 2 is 1.42 bits per heavy atom. The predicted molar refractivity (Wildman–Crippen MR) is 180 cm³/mol. The molecular weight excluding hydrogens is 651 g/mol. The molecule has 0 aromatic heterocycles. The minimum Gasteiger partial charge on any atom is -0.445 e. The molecule has 5 rings (SSSR count). The molecular formula is C37H36F3N5O5. The summed E-state index contributed by atoms with van der Waals surface area (Å²) in [7, 11) is 0. The summed E-state index contributed by atoms with van der Waals surface area (Å²) in [5.41, 5.74) is 11.8. The van der Waals surface area contributed by atoms with Crippen molar-refractivity contribution in [3.05, 3.63) is 148 Å². The number of para-hydroxylation sites is 1. The lowest BCUT2D eigenvalue weighted by molar-refractivity contribution is -0.234. The average molecular weight is 688 g/mol. The lowest BCUT2D eigenvalue weighted by Crippen LogP contribution is -2.58. The highest BCUT2D eigenvalue weighted by Crippen LogP contribution is 2.33. The average Bonchev–Trinajstić information content (AvgIpc) is 3.13. The van der Waals surface area contributed by atoms with Gasteiger partial charge in [-0.25, -0.2) is 9.79 Å². The number of hydrogen-bond acceptors (Lipinski definition) is 7. The van der Waals surface area contributed by atoms with Gasteiger partial charge in [-0.05, 0) is 47.7 Å². The van der Waals surface area contributed by atoms with Crippen molar-refractivity contribution in [1.29, 1.82) is 0 Å². The largest absolute Gasteiger partial charge is 0.468 e. The quantitative estimate of drug-likeness (QED) is 0.0485. The summed E-state index contributed by atoms with van der Waals surface area (Å²) in [5, 5.41) is 3.74. The highest BCUT2D eigenvalue weighted by Gasteiger charge is 2.48. The number of carbonyl (C=O) groups excluding carboxylic acids is 1. The van der Waals surface area contributed by atoms with Gasteiger partial charge in [0, 0.05) is 11.5 Å². The molecule has 50 heavy (non-hydrogen) atoms. The van der Waals surface area contributed by atoms with E-state index in [9.17, 15) is 23.5 Å². The maximum atomic E-state index is 14.3. The summed E-state index contributed by atoms with van der Waals surface area (Å²) in [6, 6.07) is 33.0. The first kappa shape index (κ1) is 35.9. The van der Waals surface area contributed by atoms with Gasteiger partial charge >= 0.3 is 12.3 Å². The molecule has 1 aliphatic rings. The molecule has 0 aliphatic carbocycles. The molecule has 1 saturated heterocycles. The van der Waals surface area contributed by atoms with Gasteiger partial charge in [0.15, 0.2) is 0 Å². The second-order valence-electron chi connectivity index (χ2n) is 11.6. The molecule has 5 atom stereocenters. The van der Waals surface area contributed by atoms with E-state index in [0.717, 1.165) is 16.7 Å². The molecule has 0 saturated carbocycles. The number of benzene rings is 4. The number of azide groups is 1. The van der Waals surface area contributed by atoms with E-state index in [1.165, 1.54) is 29.2 Å². The molecule has 0 spiro atoms. The van der Waals surface area contributed by atoms with Crippen molar-refractivity contribution in [2.75, 3.05) is 0 Å². The van der Waals surface area contributed by atoms with Gasteiger partial charge in [0.2, 0.25) is 6.29 Å². The van der Waals surface area contributed by atoms with Crippen molar-refractivity contribution in [1.82, 2.24) is 4.90 Å². The molecule has 1 fully saturated rings. The fourth-order valence-corrected chi connectivity index (χ4v) is 5.48. The first-order valence-corrected chi connectivity index (χ1v) is 16.0. The number of nitrogens with zero attached hydrogens (tertiary/aromatic N) is 5. The first-order valence-electron chi connectivity index (χ1n) is 16.0. The standard InChI is InChI=1S/C37H36F3N5O5/c1-26(45(23-27-14-6-2-7-15-27)36(46)48-25-29-18-10-4-11-19-29)33-32(47-24-28-16-8-3-9-17-28)22-31(43-44-41)34(49-33)50-35(37(38,39)40)42-30-20-12-5-13-21-30/h2-21,26,31-34H,22-25H2,1H3/t26-,31-,32+,33-,34?/m1/s1.